The first-order valence-electron chi connectivity index (χ1n) is 5.40. The van der Waals surface area contributed by atoms with Gasteiger partial charge in [-0.1, -0.05) is 0 Å². The van der Waals surface area contributed by atoms with E-state index in [1.807, 2.05) is 0 Å². The summed E-state index contributed by atoms with van der Waals surface area (Å²) in [7, 11) is 0. The average molecular weight is 249 g/mol. The van der Waals surface area contributed by atoms with Gasteiger partial charge in [0.15, 0.2) is 5.67 Å². The van der Waals surface area contributed by atoms with Crippen LogP contribution >= 0.6 is 0 Å². The van der Waals surface area contributed by atoms with Crippen molar-refractivity contribution in [3.05, 3.63) is 0 Å². The van der Waals surface area contributed by atoms with Crippen LogP contribution in [0, 0.1) is 0 Å². The van der Waals surface area contributed by atoms with Crippen LogP contribution in [-0.4, -0.2) is 47.8 Å². The molecule has 1 rings (SSSR count). The molecule has 0 saturated carbocycles. The van der Waals surface area contributed by atoms with Crippen molar-refractivity contribution in [2.45, 2.75) is 44.5 Å². The molecule has 0 aromatic heterocycles. The van der Waals surface area contributed by atoms with Gasteiger partial charge in [-0.05, 0) is 20.8 Å². The number of halogens is 2. The summed E-state index contributed by atoms with van der Waals surface area (Å²) in [5.41, 5.74) is -2.87. The fourth-order valence-corrected chi connectivity index (χ4v) is 1.71. The van der Waals surface area contributed by atoms with Crippen LogP contribution in [0.5, 0.6) is 0 Å². The maximum atomic E-state index is 13.7. The predicted molar refractivity (Wildman–Crippen MR) is 57.2 cm³/mol. The van der Waals surface area contributed by atoms with E-state index in [4.69, 9.17) is 4.74 Å². The van der Waals surface area contributed by atoms with Gasteiger partial charge >= 0.3 is 6.09 Å². The largest absolute Gasteiger partial charge is 0.444 e. The SMILES string of the molecule is CC(C)(C)OC(=O)N1CC(F)(CF)CC1C=O. The zero-order valence-corrected chi connectivity index (χ0v) is 10.2. The molecular weight excluding hydrogens is 232 g/mol. The average Bonchev–Trinajstić information content (AvgIpc) is 2.54. The maximum absolute atomic E-state index is 13.7. The predicted octanol–water partition coefficient (Wildman–Crippen LogP) is 1.87. The second-order valence-electron chi connectivity index (χ2n) is 5.30. The summed E-state index contributed by atoms with van der Waals surface area (Å²) in [4.78, 5) is 23.4. The minimum atomic E-state index is -2.14. The molecular formula is C11H17F2NO3. The van der Waals surface area contributed by atoms with E-state index in [0.717, 1.165) is 4.90 Å². The molecule has 0 radical (unpaired) electrons. The van der Waals surface area contributed by atoms with Gasteiger partial charge in [-0.2, -0.15) is 0 Å². The first-order chi connectivity index (χ1) is 7.71. The summed E-state index contributed by atoms with van der Waals surface area (Å²) < 4.78 is 31.3. The molecule has 0 aliphatic carbocycles. The fraction of sp³-hybridized carbons (Fsp3) is 0.818. The first kappa shape index (κ1) is 13.9. The molecule has 98 valence electrons. The Morgan fingerprint density at radius 3 is 2.59 bits per heavy atom. The summed E-state index contributed by atoms with van der Waals surface area (Å²) >= 11 is 0. The number of hydrogen-bond donors (Lipinski definition) is 0. The second kappa shape index (κ2) is 4.58. The van der Waals surface area contributed by atoms with E-state index in [1.165, 1.54) is 0 Å². The molecule has 1 amide bonds. The number of nitrogens with zero attached hydrogens (tertiary/aromatic N) is 1. The van der Waals surface area contributed by atoms with E-state index in [1.54, 1.807) is 20.8 Å². The Morgan fingerprint density at radius 2 is 2.18 bits per heavy atom. The Morgan fingerprint density at radius 1 is 1.59 bits per heavy atom. The van der Waals surface area contributed by atoms with Gasteiger partial charge in [0.1, 0.15) is 18.6 Å². The highest BCUT2D eigenvalue weighted by molar-refractivity contribution is 5.75. The number of hydrogen-bond acceptors (Lipinski definition) is 3. The fourth-order valence-electron chi connectivity index (χ4n) is 1.71. The van der Waals surface area contributed by atoms with Crippen LogP contribution in [0.3, 0.4) is 0 Å². The zero-order valence-electron chi connectivity index (χ0n) is 10.2. The highest BCUT2D eigenvalue weighted by atomic mass is 19.2. The van der Waals surface area contributed by atoms with Gasteiger partial charge in [0.25, 0.3) is 0 Å². The molecule has 1 aliphatic heterocycles. The summed E-state index contributed by atoms with van der Waals surface area (Å²) in [5.74, 6) is 0. The van der Waals surface area contributed by atoms with Gasteiger partial charge in [0, 0.05) is 6.42 Å². The van der Waals surface area contributed by atoms with E-state index in [0.29, 0.717) is 6.29 Å². The van der Waals surface area contributed by atoms with Crippen molar-refractivity contribution >= 4 is 12.4 Å². The van der Waals surface area contributed by atoms with Crippen molar-refractivity contribution in [1.82, 2.24) is 4.90 Å². The normalized spacial score (nSPS) is 29.2. The van der Waals surface area contributed by atoms with Crippen LogP contribution in [0.25, 0.3) is 0 Å². The number of carbonyl (C=O) groups is 2. The van der Waals surface area contributed by atoms with Crippen LogP contribution in [-0.2, 0) is 9.53 Å². The Kier molecular flexibility index (Phi) is 3.74. The van der Waals surface area contributed by atoms with Gasteiger partial charge in [-0.3, -0.25) is 4.90 Å². The number of ether oxygens (including phenoxy) is 1. The molecule has 1 heterocycles. The Labute approximate surface area is 98.9 Å². The van der Waals surface area contributed by atoms with Crippen molar-refractivity contribution in [2.24, 2.45) is 0 Å². The third-order valence-corrected chi connectivity index (χ3v) is 2.45. The first-order valence-corrected chi connectivity index (χ1v) is 5.40. The number of carbonyl (C=O) groups excluding carboxylic acids is 2. The highest BCUT2D eigenvalue weighted by Gasteiger charge is 2.47. The lowest BCUT2D eigenvalue weighted by molar-refractivity contribution is -0.111. The second-order valence-corrected chi connectivity index (χ2v) is 5.30. The van der Waals surface area contributed by atoms with Crippen LogP contribution in [0.2, 0.25) is 0 Å². The van der Waals surface area contributed by atoms with E-state index in [-0.39, 0.29) is 6.42 Å². The number of likely N-dealkylation sites (tertiary alicyclic amines) is 1. The van der Waals surface area contributed by atoms with Crippen molar-refractivity contribution in [1.29, 1.82) is 0 Å². The van der Waals surface area contributed by atoms with E-state index < -0.39 is 36.6 Å². The molecule has 4 nitrogen and oxygen atoms in total. The van der Waals surface area contributed by atoms with E-state index >= 15 is 0 Å². The molecule has 0 spiro atoms. The third kappa shape index (κ3) is 3.38. The lowest BCUT2D eigenvalue weighted by Gasteiger charge is -2.26. The molecule has 2 atom stereocenters. The quantitative estimate of drug-likeness (QED) is 0.702. The standard InChI is InChI=1S/C11H17F2NO3/c1-10(2,3)17-9(16)14-7-11(13,6-12)4-8(14)5-15/h5,8H,4,6-7H2,1-3H3. The molecule has 1 saturated heterocycles. The number of aldehydes is 1. The third-order valence-electron chi connectivity index (χ3n) is 2.45. The van der Waals surface area contributed by atoms with Gasteiger partial charge in [-0.15, -0.1) is 0 Å². The zero-order chi connectivity index (χ0) is 13.3. The molecule has 1 aliphatic rings. The lowest BCUT2D eigenvalue weighted by atomic mass is 10.1. The minimum absolute atomic E-state index is 0.313. The van der Waals surface area contributed by atoms with Crippen molar-refractivity contribution in [2.75, 3.05) is 13.2 Å². The molecule has 0 bridgehead atoms. The van der Waals surface area contributed by atoms with E-state index in [2.05, 4.69) is 0 Å². The number of amides is 1. The van der Waals surface area contributed by atoms with Crippen LogP contribution in [0.1, 0.15) is 27.2 Å². The van der Waals surface area contributed by atoms with Crippen LogP contribution in [0.4, 0.5) is 13.6 Å². The highest BCUT2D eigenvalue weighted by Crippen LogP contribution is 2.31. The van der Waals surface area contributed by atoms with Gasteiger partial charge in [-0.25, -0.2) is 13.6 Å². The molecule has 17 heavy (non-hydrogen) atoms. The molecule has 1 fully saturated rings. The molecule has 6 heteroatoms. The number of alkyl halides is 2. The van der Waals surface area contributed by atoms with Gasteiger partial charge < -0.3 is 9.53 Å². The smallest absolute Gasteiger partial charge is 0.411 e. The molecule has 2 unspecified atom stereocenters. The molecule has 0 N–H and O–H groups in total. The Balaban J connectivity index is 2.76. The van der Waals surface area contributed by atoms with E-state index in [9.17, 15) is 18.4 Å². The lowest BCUT2D eigenvalue weighted by Crippen LogP contribution is -2.41. The Hall–Kier alpha value is -1.20. The van der Waals surface area contributed by atoms with Crippen molar-refractivity contribution < 1.29 is 23.1 Å². The molecule has 0 aromatic carbocycles. The summed E-state index contributed by atoms with van der Waals surface area (Å²) in [5, 5.41) is 0. The molecule has 0 aromatic rings. The maximum Gasteiger partial charge on any atom is 0.411 e. The monoisotopic (exact) mass is 249 g/mol. The number of rotatable bonds is 2. The van der Waals surface area contributed by atoms with Crippen molar-refractivity contribution in [3.8, 4) is 0 Å². The van der Waals surface area contributed by atoms with Gasteiger partial charge in [0.2, 0.25) is 0 Å². The van der Waals surface area contributed by atoms with Crippen LogP contribution in [0.15, 0.2) is 0 Å². The minimum Gasteiger partial charge on any atom is -0.444 e. The summed E-state index contributed by atoms with van der Waals surface area (Å²) in [6.45, 7) is 3.33. The van der Waals surface area contributed by atoms with Crippen LogP contribution < -0.4 is 0 Å². The van der Waals surface area contributed by atoms with Crippen molar-refractivity contribution in [3.63, 3.8) is 0 Å². The topological polar surface area (TPSA) is 46.6 Å². The van der Waals surface area contributed by atoms with Gasteiger partial charge in [0.05, 0.1) is 12.6 Å². The Bertz CT molecular complexity index is 316. The summed E-state index contributed by atoms with van der Waals surface area (Å²) in [6, 6.07) is -0.953. The summed E-state index contributed by atoms with van der Waals surface area (Å²) in [6.07, 6.45) is -0.657.